The van der Waals surface area contributed by atoms with E-state index >= 15 is 0 Å². The van der Waals surface area contributed by atoms with Gasteiger partial charge in [0.25, 0.3) is 0 Å². The molecule has 1 fully saturated rings. The molecular weight excluding hydrogens is 336 g/mol. The van der Waals surface area contributed by atoms with Crippen LogP contribution >= 0.6 is 0 Å². The van der Waals surface area contributed by atoms with Gasteiger partial charge in [-0.25, -0.2) is 0 Å². The molecular formula is C22H30N4O. The summed E-state index contributed by atoms with van der Waals surface area (Å²) >= 11 is 0. The highest BCUT2D eigenvalue weighted by Crippen LogP contribution is 2.29. The third-order valence-electron chi connectivity index (χ3n) is 5.57. The fourth-order valence-electron chi connectivity index (χ4n) is 4.13. The van der Waals surface area contributed by atoms with E-state index in [4.69, 9.17) is 4.74 Å². The molecule has 1 aromatic carbocycles. The average molecular weight is 367 g/mol. The molecule has 1 N–H and O–H groups in total. The van der Waals surface area contributed by atoms with Crippen LogP contribution in [-0.2, 0) is 24.2 Å². The smallest absolute Gasteiger partial charge is 0.0642 e. The molecule has 1 saturated heterocycles. The second-order valence-electron chi connectivity index (χ2n) is 7.82. The summed E-state index contributed by atoms with van der Waals surface area (Å²) in [7, 11) is 2.19. The van der Waals surface area contributed by atoms with Gasteiger partial charge in [-0.15, -0.1) is 0 Å². The maximum Gasteiger partial charge on any atom is 0.0642 e. The molecule has 5 heteroatoms. The van der Waals surface area contributed by atoms with Crippen molar-refractivity contribution in [1.29, 1.82) is 0 Å². The summed E-state index contributed by atoms with van der Waals surface area (Å²) in [6.07, 6.45) is 3.03. The molecule has 2 aromatic rings. The van der Waals surface area contributed by atoms with Crippen LogP contribution in [0.15, 0.2) is 36.5 Å². The van der Waals surface area contributed by atoms with Gasteiger partial charge in [-0.05, 0) is 49.2 Å². The first kappa shape index (κ1) is 18.4. The predicted octanol–water partition coefficient (Wildman–Crippen LogP) is 2.37. The van der Waals surface area contributed by atoms with Gasteiger partial charge in [0.2, 0.25) is 0 Å². The van der Waals surface area contributed by atoms with E-state index in [0.29, 0.717) is 6.04 Å². The third kappa shape index (κ3) is 4.49. The molecule has 27 heavy (non-hydrogen) atoms. The lowest BCUT2D eigenvalue weighted by molar-refractivity contribution is 0.122. The summed E-state index contributed by atoms with van der Waals surface area (Å²) in [5.74, 6) is 0. The summed E-state index contributed by atoms with van der Waals surface area (Å²) in [5, 5.41) is 3.73. The van der Waals surface area contributed by atoms with Crippen molar-refractivity contribution >= 4 is 5.69 Å². The van der Waals surface area contributed by atoms with E-state index in [1.165, 1.54) is 22.4 Å². The predicted molar refractivity (Wildman–Crippen MR) is 109 cm³/mol. The molecule has 5 nitrogen and oxygen atoms in total. The van der Waals surface area contributed by atoms with Gasteiger partial charge >= 0.3 is 0 Å². The second-order valence-corrected chi connectivity index (χ2v) is 7.82. The number of aromatic nitrogens is 1. The van der Waals surface area contributed by atoms with E-state index in [1.807, 2.05) is 6.20 Å². The van der Waals surface area contributed by atoms with E-state index in [-0.39, 0.29) is 0 Å². The number of anilines is 1. The van der Waals surface area contributed by atoms with Crippen molar-refractivity contribution < 1.29 is 4.74 Å². The maximum absolute atomic E-state index is 5.54. The Labute approximate surface area is 162 Å². The first-order valence-corrected chi connectivity index (χ1v) is 9.96. The number of nitrogens with zero attached hydrogens (tertiary/aromatic N) is 3. The van der Waals surface area contributed by atoms with E-state index in [0.717, 1.165) is 58.1 Å². The zero-order chi connectivity index (χ0) is 18.6. The van der Waals surface area contributed by atoms with Crippen molar-refractivity contribution in [1.82, 2.24) is 15.2 Å². The normalized spacial score (nSPS) is 20.0. The molecule has 0 bridgehead atoms. The topological polar surface area (TPSA) is 40.6 Å². The molecule has 1 atom stereocenters. The number of benzene rings is 1. The van der Waals surface area contributed by atoms with Crippen molar-refractivity contribution in [2.75, 3.05) is 44.8 Å². The summed E-state index contributed by atoms with van der Waals surface area (Å²) in [4.78, 5) is 9.41. The number of hydrogen-bond acceptors (Lipinski definition) is 5. The van der Waals surface area contributed by atoms with Crippen molar-refractivity contribution in [2.45, 2.75) is 32.5 Å². The van der Waals surface area contributed by atoms with Crippen LogP contribution in [0.4, 0.5) is 5.69 Å². The highest BCUT2D eigenvalue weighted by Gasteiger charge is 2.24. The zero-order valence-electron chi connectivity index (χ0n) is 16.4. The maximum atomic E-state index is 5.54. The highest BCUT2D eigenvalue weighted by molar-refractivity contribution is 5.58. The lowest BCUT2D eigenvalue weighted by Gasteiger charge is -2.35. The number of rotatable bonds is 5. The lowest BCUT2D eigenvalue weighted by Crippen LogP contribution is -2.44. The van der Waals surface area contributed by atoms with E-state index < -0.39 is 0 Å². The molecule has 144 valence electrons. The summed E-state index contributed by atoms with van der Waals surface area (Å²) in [6.45, 7) is 8.59. The van der Waals surface area contributed by atoms with Gasteiger partial charge in [-0.3, -0.25) is 9.88 Å². The fourth-order valence-corrected chi connectivity index (χ4v) is 4.13. The average Bonchev–Trinajstić information content (AvgIpc) is 2.70. The van der Waals surface area contributed by atoms with Crippen LogP contribution in [0.25, 0.3) is 0 Å². The summed E-state index contributed by atoms with van der Waals surface area (Å²) in [6, 6.07) is 11.5. The monoisotopic (exact) mass is 366 g/mol. The number of fused-ring (bicyclic) bond motifs is 1. The minimum atomic E-state index is 0.468. The Hall–Kier alpha value is -1.95. The molecule has 0 amide bonds. The zero-order valence-corrected chi connectivity index (χ0v) is 16.4. The van der Waals surface area contributed by atoms with Gasteiger partial charge in [-0.2, -0.15) is 0 Å². The van der Waals surface area contributed by atoms with Gasteiger partial charge in [0.1, 0.15) is 0 Å². The Bertz CT molecular complexity index is 755. The van der Waals surface area contributed by atoms with Crippen LogP contribution in [-0.4, -0.2) is 55.8 Å². The number of pyridine rings is 1. The molecule has 0 aliphatic carbocycles. The fraction of sp³-hybridized carbons (Fsp3) is 0.500. The Morgan fingerprint density at radius 3 is 2.85 bits per heavy atom. The molecule has 1 aromatic heterocycles. The van der Waals surface area contributed by atoms with Crippen LogP contribution in [0.2, 0.25) is 0 Å². The Kier molecular flexibility index (Phi) is 5.72. The Balaban J connectivity index is 1.42. The molecule has 0 radical (unpaired) electrons. The van der Waals surface area contributed by atoms with Crippen molar-refractivity contribution in [3.8, 4) is 0 Å². The molecule has 3 heterocycles. The van der Waals surface area contributed by atoms with Crippen molar-refractivity contribution in [2.24, 2.45) is 0 Å². The first-order valence-electron chi connectivity index (χ1n) is 9.96. The largest absolute Gasteiger partial charge is 0.378 e. The standard InChI is InChI=1S/C22H30N4O/c1-17-6-7-19(23-13-17)15-25(2)16-20-12-21-18(14-24-20)4-3-5-22(21)26-8-10-27-11-9-26/h3-7,13,20,24H,8-12,14-16H2,1-2H3/t20-/m1/s1. The van der Waals surface area contributed by atoms with Crippen molar-refractivity contribution in [3.63, 3.8) is 0 Å². The van der Waals surface area contributed by atoms with Gasteiger partial charge in [0.15, 0.2) is 0 Å². The molecule has 4 rings (SSSR count). The quantitative estimate of drug-likeness (QED) is 0.880. The van der Waals surface area contributed by atoms with E-state index in [2.05, 4.69) is 64.4 Å². The van der Waals surface area contributed by atoms with Crippen LogP contribution < -0.4 is 10.2 Å². The van der Waals surface area contributed by atoms with Crippen LogP contribution in [0.5, 0.6) is 0 Å². The van der Waals surface area contributed by atoms with E-state index in [9.17, 15) is 0 Å². The highest BCUT2D eigenvalue weighted by atomic mass is 16.5. The van der Waals surface area contributed by atoms with Gasteiger partial charge in [0, 0.05) is 50.6 Å². The van der Waals surface area contributed by atoms with E-state index in [1.54, 1.807) is 0 Å². The molecule has 0 spiro atoms. The third-order valence-corrected chi connectivity index (χ3v) is 5.57. The Morgan fingerprint density at radius 1 is 1.22 bits per heavy atom. The number of nitrogens with one attached hydrogen (secondary N) is 1. The molecule has 2 aliphatic rings. The SMILES string of the molecule is Cc1ccc(CN(C)C[C@H]2Cc3c(cccc3N3CCOCC3)CN2)nc1. The second kappa shape index (κ2) is 8.38. The van der Waals surface area contributed by atoms with Crippen LogP contribution in [0.1, 0.15) is 22.4 Å². The van der Waals surface area contributed by atoms with Gasteiger partial charge < -0.3 is 15.0 Å². The van der Waals surface area contributed by atoms with Crippen molar-refractivity contribution in [3.05, 3.63) is 58.9 Å². The van der Waals surface area contributed by atoms with Gasteiger partial charge in [-0.1, -0.05) is 18.2 Å². The number of likely N-dealkylation sites (N-methyl/N-ethyl adjacent to an activating group) is 1. The van der Waals surface area contributed by atoms with Gasteiger partial charge in [0.05, 0.1) is 18.9 Å². The Morgan fingerprint density at radius 2 is 2.07 bits per heavy atom. The number of hydrogen-bond donors (Lipinski definition) is 1. The number of aryl methyl sites for hydroxylation is 1. The van der Waals surface area contributed by atoms with Crippen LogP contribution in [0.3, 0.4) is 0 Å². The summed E-state index contributed by atoms with van der Waals surface area (Å²) in [5.41, 5.74) is 6.71. The minimum absolute atomic E-state index is 0.468. The minimum Gasteiger partial charge on any atom is -0.378 e. The lowest BCUT2D eigenvalue weighted by atomic mass is 9.93. The molecule has 0 unspecified atom stereocenters. The first-order chi connectivity index (χ1) is 13.2. The van der Waals surface area contributed by atoms with Crippen LogP contribution in [0, 0.1) is 6.92 Å². The number of ether oxygens (including phenoxy) is 1. The number of morpholine rings is 1. The summed E-state index contributed by atoms with van der Waals surface area (Å²) < 4.78 is 5.54. The molecule has 2 aliphatic heterocycles. The molecule has 0 saturated carbocycles.